The quantitative estimate of drug-likeness (QED) is 0.870. The molecule has 1 aromatic carbocycles. The van der Waals surface area contributed by atoms with Gasteiger partial charge in [-0.25, -0.2) is 0 Å². The van der Waals surface area contributed by atoms with Gasteiger partial charge >= 0.3 is 0 Å². The van der Waals surface area contributed by atoms with Crippen LogP contribution in [0.15, 0.2) is 30.3 Å². The molecule has 1 heterocycles. The van der Waals surface area contributed by atoms with Gasteiger partial charge in [0.25, 0.3) is 0 Å². The maximum atomic E-state index is 12.5. The molecular formula is C15H23ClN2O2. The van der Waals surface area contributed by atoms with Crippen molar-refractivity contribution in [1.82, 2.24) is 10.6 Å². The summed E-state index contributed by atoms with van der Waals surface area (Å²) >= 11 is 0. The molecule has 4 nitrogen and oxygen atoms in total. The van der Waals surface area contributed by atoms with Gasteiger partial charge in [0.2, 0.25) is 5.91 Å². The van der Waals surface area contributed by atoms with Gasteiger partial charge in [-0.15, -0.1) is 12.4 Å². The number of benzene rings is 1. The Bertz CT molecular complexity index is 400. The monoisotopic (exact) mass is 298 g/mol. The summed E-state index contributed by atoms with van der Waals surface area (Å²) in [6.45, 7) is 2.83. The summed E-state index contributed by atoms with van der Waals surface area (Å²) in [4.78, 5) is 12.5. The molecule has 0 bridgehead atoms. The van der Waals surface area contributed by atoms with Crippen molar-refractivity contribution in [3.05, 3.63) is 35.9 Å². The van der Waals surface area contributed by atoms with E-state index in [1.807, 2.05) is 30.3 Å². The van der Waals surface area contributed by atoms with Crippen LogP contribution in [-0.2, 0) is 16.1 Å². The summed E-state index contributed by atoms with van der Waals surface area (Å²) in [5, 5.41) is 6.34. The number of hydrogen-bond acceptors (Lipinski definition) is 3. The summed E-state index contributed by atoms with van der Waals surface area (Å²) in [6, 6.07) is 9.98. The highest BCUT2D eigenvalue weighted by Crippen LogP contribution is 2.29. The first-order valence-corrected chi connectivity index (χ1v) is 6.79. The number of rotatable bonds is 5. The van der Waals surface area contributed by atoms with Crippen LogP contribution in [0.5, 0.6) is 0 Å². The lowest BCUT2D eigenvalue weighted by molar-refractivity contribution is -0.136. The summed E-state index contributed by atoms with van der Waals surface area (Å²) in [5.74, 6) is 0.111. The second-order valence-electron chi connectivity index (χ2n) is 5.13. The number of carbonyl (C=O) groups is 1. The molecule has 0 saturated carbocycles. The minimum atomic E-state index is -0.366. The van der Waals surface area contributed by atoms with Crippen molar-refractivity contribution in [3.63, 3.8) is 0 Å². The van der Waals surface area contributed by atoms with E-state index in [0.717, 1.165) is 31.5 Å². The highest BCUT2D eigenvalue weighted by Gasteiger charge is 2.39. The molecule has 20 heavy (non-hydrogen) atoms. The fourth-order valence-corrected chi connectivity index (χ4v) is 2.58. The van der Waals surface area contributed by atoms with Gasteiger partial charge in [-0.1, -0.05) is 30.3 Å². The fourth-order valence-electron chi connectivity index (χ4n) is 2.58. The summed E-state index contributed by atoms with van der Waals surface area (Å²) < 4.78 is 5.27. The summed E-state index contributed by atoms with van der Waals surface area (Å²) in [7, 11) is 1.66. The number of hydrogen-bond donors (Lipinski definition) is 2. The molecule has 0 aliphatic carbocycles. The lowest BCUT2D eigenvalue weighted by atomic mass is 9.78. The van der Waals surface area contributed by atoms with E-state index < -0.39 is 0 Å². The number of carbonyl (C=O) groups excluding carboxylic acids is 1. The maximum absolute atomic E-state index is 12.5. The van der Waals surface area contributed by atoms with E-state index >= 15 is 0 Å². The van der Waals surface area contributed by atoms with Crippen molar-refractivity contribution in [2.75, 3.05) is 26.8 Å². The molecule has 1 saturated heterocycles. The van der Waals surface area contributed by atoms with Crippen molar-refractivity contribution in [1.29, 1.82) is 0 Å². The second-order valence-corrected chi connectivity index (χ2v) is 5.13. The third kappa shape index (κ3) is 4.20. The van der Waals surface area contributed by atoms with Gasteiger partial charge in [-0.05, 0) is 31.5 Å². The van der Waals surface area contributed by atoms with Crippen LogP contribution in [-0.4, -0.2) is 32.7 Å². The Balaban J connectivity index is 0.00000200. The van der Waals surface area contributed by atoms with Crippen molar-refractivity contribution in [2.45, 2.75) is 19.4 Å². The molecule has 0 aromatic heterocycles. The number of ether oxygens (including phenoxy) is 1. The van der Waals surface area contributed by atoms with E-state index in [1.54, 1.807) is 7.11 Å². The van der Waals surface area contributed by atoms with Gasteiger partial charge in [0, 0.05) is 13.7 Å². The fraction of sp³-hybridized carbons (Fsp3) is 0.533. The highest BCUT2D eigenvalue weighted by molar-refractivity contribution is 5.85. The number of halogens is 1. The maximum Gasteiger partial charge on any atom is 0.228 e. The molecule has 1 fully saturated rings. The second kappa shape index (κ2) is 8.25. The lowest BCUT2D eigenvalue weighted by Gasteiger charge is -2.35. The number of nitrogens with one attached hydrogen (secondary N) is 2. The van der Waals surface area contributed by atoms with Gasteiger partial charge in [0.15, 0.2) is 0 Å². The van der Waals surface area contributed by atoms with Crippen molar-refractivity contribution in [3.8, 4) is 0 Å². The van der Waals surface area contributed by atoms with E-state index in [-0.39, 0.29) is 23.7 Å². The Hall–Kier alpha value is -1.10. The highest BCUT2D eigenvalue weighted by atomic mass is 35.5. The van der Waals surface area contributed by atoms with Crippen LogP contribution in [0.3, 0.4) is 0 Å². The first-order valence-electron chi connectivity index (χ1n) is 6.79. The zero-order valence-corrected chi connectivity index (χ0v) is 12.7. The topological polar surface area (TPSA) is 50.4 Å². The molecule has 0 atom stereocenters. The first kappa shape index (κ1) is 17.0. The van der Waals surface area contributed by atoms with Crippen molar-refractivity contribution >= 4 is 18.3 Å². The molecule has 2 rings (SSSR count). The molecule has 112 valence electrons. The molecule has 1 aliphatic heterocycles. The molecule has 1 aliphatic rings. The van der Waals surface area contributed by atoms with Crippen LogP contribution in [0.25, 0.3) is 0 Å². The molecule has 0 unspecified atom stereocenters. The van der Waals surface area contributed by atoms with E-state index in [4.69, 9.17) is 4.74 Å². The molecule has 2 N–H and O–H groups in total. The van der Waals surface area contributed by atoms with Crippen LogP contribution < -0.4 is 10.6 Å². The lowest BCUT2D eigenvalue weighted by Crippen LogP contribution is -2.49. The largest absolute Gasteiger partial charge is 0.384 e. The Morgan fingerprint density at radius 3 is 2.55 bits per heavy atom. The molecule has 0 spiro atoms. The summed E-state index contributed by atoms with van der Waals surface area (Å²) in [5.41, 5.74) is 0.756. The van der Waals surface area contributed by atoms with Crippen molar-refractivity contribution in [2.24, 2.45) is 5.41 Å². The third-order valence-electron chi connectivity index (χ3n) is 3.76. The third-order valence-corrected chi connectivity index (χ3v) is 3.76. The smallest absolute Gasteiger partial charge is 0.228 e. The minimum absolute atomic E-state index is 0. The minimum Gasteiger partial charge on any atom is -0.384 e. The van der Waals surface area contributed by atoms with Crippen LogP contribution in [0.1, 0.15) is 18.4 Å². The standard InChI is InChI=1S/C15H22N2O2.ClH/c1-19-12-15(7-9-16-10-8-15)14(18)17-11-13-5-3-2-4-6-13;/h2-6,16H,7-12H2,1H3,(H,17,18);1H. The van der Waals surface area contributed by atoms with Gasteiger partial charge in [-0.3, -0.25) is 4.79 Å². The molecule has 1 amide bonds. The predicted molar refractivity (Wildman–Crippen MR) is 81.9 cm³/mol. The van der Waals surface area contributed by atoms with Crippen LogP contribution >= 0.6 is 12.4 Å². The van der Waals surface area contributed by atoms with E-state index in [2.05, 4.69) is 10.6 Å². The van der Waals surface area contributed by atoms with Gasteiger partial charge < -0.3 is 15.4 Å². The van der Waals surface area contributed by atoms with E-state index in [1.165, 1.54) is 0 Å². The SMILES string of the molecule is COCC1(C(=O)NCc2ccccc2)CCNCC1.Cl. The molecule has 1 aromatic rings. The average Bonchev–Trinajstić information content (AvgIpc) is 2.47. The Kier molecular flexibility index (Phi) is 6.99. The normalized spacial score (nSPS) is 17.1. The molecule has 5 heteroatoms. The van der Waals surface area contributed by atoms with Gasteiger partial charge in [0.05, 0.1) is 12.0 Å². The zero-order chi connectivity index (χ0) is 13.6. The van der Waals surface area contributed by atoms with Gasteiger partial charge in [0.1, 0.15) is 0 Å². The Labute approximate surface area is 126 Å². The zero-order valence-electron chi connectivity index (χ0n) is 11.9. The Morgan fingerprint density at radius 2 is 1.95 bits per heavy atom. The summed E-state index contributed by atoms with van der Waals surface area (Å²) in [6.07, 6.45) is 1.67. The van der Waals surface area contributed by atoms with Crippen LogP contribution in [0.4, 0.5) is 0 Å². The number of methoxy groups -OCH3 is 1. The molecular weight excluding hydrogens is 276 g/mol. The number of piperidine rings is 1. The Morgan fingerprint density at radius 1 is 1.30 bits per heavy atom. The van der Waals surface area contributed by atoms with E-state index in [0.29, 0.717) is 13.2 Å². The predicted octanol–water partition coefficient (Wildman–Crippen LogP) is 1.74. The van der Waals surface area contributed by atoms with Crippen molar-refractivity contribution < 1.29 is 9.53 Å². The van der Waals surface area contributed by atoms with E-state index in [9.17, 15) is 4.79 Å². The first-order chi connectivity index (χ1) is 9.27. The van der Waals surface area contributed by atoms with Gasteiger partial charge in [-0.2, -0.15) is 0 Å². The number of amides is 1. The molecule has 0 radical (unpaired) electrons. The average molecular weight is 299 g/mol. The van der Waals surface area contributed by atoms with Crippen LogP contribution in [0.2, 0.25) is 0 Å². The van der Waals surface area contributed by atoms with Crippen LogP contribution in [0, 0.1) is 5.41 Å².